The molecule has 1 aliphatic rings. The summed E-state index contributed by atoms with van der Waals surface area (Å²) in [5.41, 5.74) is 2.78. The third-order valence-electron chi connectivity index (χ3n) is 5.86. The molecule has 0 aromatic heterocycles. The Balaban J connectivity index is 1.34. The van der Waals surface area contributed by atoms with Gasteiger partial charge in [0.2, 0.25) is 0 Å². The molecular weight excluding hydrogens is 442 g/mol. The van der Waals surface area contributed by atoms with Gasteiger partial charge in [-0.15, -0.1) is 0 Å². The number of ether oxygens (including phenoxy) is 2. The average molecular weight is 482 g/mol. The fourth-order valence-electron chi connectivity index (χ4n) is 3.85. The van der Waals surface area contributed by atoms with Crippen molar-refractivity contribution in [3.63, 3.8) is 0 Å². The third-order valence-corrected chi connectivity index (χ3v) is 5.86. The molecule has 2 aromatic carbocycles. The Morgan fingerprint density at radius 3 is 2.26 bits per heavy atom. The maximum Gasteiger partial charge on any atom is 0.410 e. The van der Waals surface area contributed by atoms with Crippen LogP contribution in [0.4, 0.5) is 15.3 Å². The zero-order valence-electron chi connectivity index (χ0n) is 21.5. The zero-order chi connectivity index (χ0) is 25.3. The average Bonchev–Trinajstić information content (AvgIpc) is 2.84. The van der Waals surface area contributed by atoms with Gasteiger partial charge in [0.05, 0.1) is 6.61 Å². The Kier molecular flexibility index (Phi) is 9.40. The van der Waals surface area contributed by atoms with Crippen LogP contribution in [0.15, 0.2) is 48.5 Å². The van der Waals surface area contributed by atoms with Gasteiger partial charge in [0.15, 0.2) is 0 Å². The lowest BCUT2D eigenvalue weighted by atomic mass is 10.1. The Morgan fingerprint density at radius 1 is 0.914 bits per heavy atom. The monoisotopic (exact) mass is 481 g/mol. The topological polar surface area (TPSA) is 71.1 Å². The number of piperazine rings is 1. The van der Waals surface area contributed by atoms with Crippen LogP contribution in [0.1, 0.15) is 51.7 Å². The normalized spacial score (nSPS) is 13.9. The van der Waals surface area contributed by atoms with Crippen molar-refractivity contribution in [2.45, 2.75) is 59.0 Å². The second kappa shape index (κ2) is 12.5. The number of nitrogens with zero attached hydrogens (tertiary/aromatic N) is 2. The van der Waals surface area contributed by atoms with Crippen molar-refractivity contribution < 1.29 is 19.1 Å². The number of aryl methyl sites for hydroxylation is 2. The molecule has 1 heterocycles. The number of rotatable bonds is 8. The van der Waals surface area contributed by atoms with Crippen molar-refractivity contribution in [3.8, 4) is 5.75 Å². The highest BCUT2D eigenvalue weighted by molar-refractivity contribution is 5.89. The van der Waals surface area contributed by atoms with Crippen molar-refractivity contribution in [1.82, 2.24) is 9.80 Å². The second-order valence-corrected chi connectivity index (χ2v) is 9.89. The van der Waals surface area contributed by atoms with Crippen LogP contribution < -0.4 is 10.1 Å². The maximum absolute atomic E-state index is 12.6. The summed E-state index contributed by atoms with van der Waals surface area (Å²) < 4.78 is 11.3. The molecule has 1 saturated heterocycles. The summed E-state index contributed by atoms with van der Waals surface area (Å²) in [6.07, 6.45) is 3.69. The van der Waals surface area contributed by atoms with Gasteiger partial charge >= 0.3 is 12.1 Å². The maximum atomic E-state index is 12.6. The van der Waals surface area contributed by atoms with E-state index in [1.165, 1.54) is 11.1 Å². The van der Waals surface area contributed by atoms with Crippen LogP contribution in [0.3, 0.4) is 0 Å². The van der Waals surface area contributed by atoms with E-state index in [9.17, 15) is 9.59 Å². The molecule has 3 rings (SSSR count). The lowest BCUT2D eigenvalue weighted by Gasteiger charge is -2.35. The standard InChI is InChI=1S/C28H39N3O4/c1-5-22-10-8-11-25(21-22)34-20-7-6-9-23-12-14-24(15-13-23)29-26(32)30-16-18-31(19-17-30)27(33)35-28(2,3)4/h8,10-15,21H,5-7,9,16-20H2,1-4H3,(H,29,32). The van der Waals surface area contributed by atoms with Gasteiger partial charge < -0.3 is 24.6 Å². The van der Waals surface area contributed by atoms with Crippen LogP contribution in [-0.4, -0.2) is 60.3 Å². The first-order valence-electron chi connectivity index (χ1n) is 12.6. The van der Waals surface area contributed by atoms with E-state index < -0.39 is 5.60 Å². The molecule has 0 atom stereocenters. The zero-order valence-corrected chi connectivity index (χ0v) is 21.5. The number of nitrogens with one attached hydrogen (secondary N) is 1. The van der Waals surface area contributed by atoms with Gasteiger partial charge in [-0.05, 0) is 81.8 Å². The van der Waals surface area contributed by atoms with Crippen LogP contribution in [0.5, 0.6) is 5.75 Å². The number of unbranched alkanes of at least 4 members (excludes halogenated alkanes) is 1. The second-order valence-electron chi connectivity index (χ2n) is 9.89. The van der Waals surface area contributed by atoms with Crippen molar-refractivity contribution in [2.24, 2.45) is 0 Å². The van der Waals surface area contributed by atoms with Crippen molar-refractivity contribution >= 4 is 17.8 Å². The fraction of sp³-hybridized carbons (Fsp3) is 0.500. The first-order valence-corrected chi connectivity index (χ1v) is 12.6. The quantitative estimate of drug-likeness (QED) is 0.489. The minimum atomic E-state index is -0.521. The number of carbonyl (C=O) groups excluding carboxylic acids is 2. The molecule has 0 saturated carbocycles. The molecule has 1 fully saturated rings. The number of anilines is 1. The van der Waals surface area contributed by atoms with E-state index in [1.807, 2.05) is 45.0 Å². The summed E-state index contributed by atoms with van der Waals surface area (Å²) in [5, 5.41) is 2.96. The minimum absolute atomic E-state index is 0.147. The van der Waals surface area contributed by atoms with Gasteiger partial charge in [-0.2, -0.15) is 0 Å². The van der Waals surface area contributed by atoms with Gasteiger partial charge in [-0.1, -0.05) is 31.2 Å². The third kappa shape index (κ3) is 8.81. The number of hydrogen-bond donors (Lipinski definition) is 1. The molecule has 0 bridgehead atoms. The molecule has 0 unspecified atom stereocenters. The van der Waals surface area contributed by atoms with E-state index in [4.69, 9.17) is 9.47 Å². The molecule has 1 aliphatic heterocycles. The van der Waals surface area contributed by atoms with Gasteiger partial charge in [-0.25, -0.2) is 9.59 Å². The van der Waals surface area contributed by atoms with Gasteiger partial charge in [0.1, 0.15) is 11.4 Å². The molecule has 35 heavy (non-hydrogen) atoms. The van der Waals surface area contributed by atoms with E-state index >= 15 is 0 Å². The Labute approximate surface area is 209 Å². The SMILES string of the molecule is CCc1cccc(OCCCCc2ccc(NC(=O)N3CCN(C(=O)OC(C)(C)C)CC3)cc2)c1. The number of carbonyl (C=O) groups is 2. The number of hydrogen-bond acceptors (Lipinski definition) is 4. The molecule has 7 nitrogen and oxygen atoms in total. The van der Waals surface area contributed by atoms with E-state index in [2.05, 4.69) is 36.5 Å². The van der Waals surface area contributed by atoms with Crippen LogP contribution in [0.2, 0.25) is 0 Å². The number of amides is 3. The molecule has 0 aliphatic carbocycles. The smallest absolute Gasteiger partial charge is 0.410 e. The van der Waals surface area contributed by atoms with E-state index in [1.54, 1.807) is 9.80 Å². The van der Waals surface area contributed by atoms with E-state index in [0.29, 0.717) is 32.8 Å². The first-order chi connectivity index (χ1) is 16.7. The first kappa shape index (κ1) is 26.4. The fourth-order valence-corrected chi connectivity index (χ4v) is 3.85. The number of benzene rings is 2. The van der Waals surface area contributed by atoms with Crippen LogP contribution in [0, 0.1) is 0 Å². The molecule has 7 heteroatoms. The van der Waals surface area contributed by atoms with Crippen LogP contribution in [0.25, 0.3) is 0 Å². The Hall–Kier alpha value is -3.22. The molecule has 190 valence electrons. The minimum Gasteiger partial charge on any atom is -0.494 e. The Bertz CT molecular complexity index is 961. The number of urea groups is 1. The van der Waals surface area contributed by atoms with Crippen LogP contribution >= 0.6 is 0 Å². The van der Waals surface area contributed by atoms with Crippen molar-refractivity contribution in [1.29, 1.82) is 0 Å². The summed E-state index contributed by atoms with van der Waals surface area (Å²) in [4.78, 5) is 28.2. The van der Waals surface area contributed by atoms with Gasteiger partial charge in [0.25, 0.3) is 0 Å². The summed E-state index contributed by atoms with van der Waals surface area (Å²) in [5.74, 6) is 0.940. The summed E-state index contributed by atoms with van der Waals surface area (Å²) in [7, 11) is 0. The van der Waals surface area contributed by atoms with Gasteiger partial charge in [-0.3, -0.25) is 0 Å². The summed E-state index contributed by atoms with van der Waals surface area (Å²) in [6, 6.07) is 16.1. The Morgan fingerprint density at radius 2 is 1.60 bits per heavy atom. The highest BCUT2D eigenvalue weighted by Gasteiger charge is 2.27. The highest BCUT2D eigenvalue weighted by atomic mass is 16.6. The molecule has 0 spiro atoms. The molecule has 1 N–H and O–H groups in total. The summed E-state index contributed by atoms with van der Waals surface area (Å²) >= 11 is 0. The van der Waals surface area contributed by atoms with E-state index in [-0.39, 0.29) is 12.1 Å². The predicted molar refractivity (Wildman–Crippen MR) is 139 cm³/mol. The van der Waals surface area contributed by atoms with Crippen LogP contribution in [-0.2, 0) is 17.6 Å². The van der Waals surface area contributed by atoms with Gasteiger partial charge in [0, 0.05) is 31.9 Å². The molecule has 0 radical (unpaired) electrons. The van der Waals surface area contributed by atoms with Crippen molar-refractivity contribution in [2.75, 3.05) is 38.1 Å². The molecular formula is C28H39N3O4. The van der Waals surface area contributed by atoms with Crippen molar-refractivity contribution in [3.05, 3.63) is 59.7 Å². The highest BCUT2D eigenvalue weighted by Crippen LogP contribution is 2.16. The predicted octanol–water partition coefficient (Wildman–Crippen LogP) is 5.74. The lowest BCUT2D eigenvalue weighted by Crippen LogP contribution is -2.52. The summed E-state index contributed by atoms with van der Waals surface area (Å²) in [6.45, 7) is 10.3. The molecule has 2 aromatic rings. The molecule has 3 amide bonds. The largest absolute Gasteiger partial charge is 0.494 e. The lowest BCUT2D eigenvalue weighted by molar-refractivity contribution is 0.0174. The van der Waals surface area contributed by atoms with E-state index in [0.717, 1.165) is 37.1 Å².